The predicted molar refractivity (Wildman–Crippen MR) is 101 cm³/mol. The highest BCUT2D eigenvalue weighted by Crippen LogP contribution is 2.18. The van der Waals surface area contributed by atoms with E-state index < -0.39 is 0 Å². The van der Waals surface area contributed by atoms with E-state index >= 15 is 0 Å². The number of hydrogen-bond donors (Lipinski definition) is 1. The lowest BCUT2D eigenvalue weighted by Crippen LogP contribution is -2.33. The zero-order valence-electron chi connectivity index (χ0n) is 16.3. The van der Waals surface area contributed by atoms with Gasteiger partial charge in [0, 0.05) is 40.4 Å². The van der Waals surface area contributed by atoms with E-state index in [0.29, 0.717) is 23.3 Å². The summed E-state index contributed by atoms with van der Waals surface area (Å²) >= 11 is 0. The number of methoxy groups -OCH3 is 1. The first-order valence-electron chi connectivity index (χ1n) is 9.01. The molecule has 1 amide bonds. The molecule has 10 nitrogen and oxygen atoms in total. The Hall–Kier alpha value is -2.91. The molecule has 1 aliphatic heterocycles. The number of hydrogen-bond acceptors (Lipinski definition) is 8. The average molecular weight is 374 g/mol. The molecule has 0 spiro atoms. The molecular formula is C17H26N8O2. The SMILES string of the molecule is COc1nn(C)cc1C(=O)NCc1nc(N(C)C)nc(N2CCCCC2)n1. The van der Waals surface area contributed by atoms with Crippen molar-refractivity contribution in [1.29, 1.82) is 0 Å². The van der Waals surface area contributed by atoms with Crippen molar-refractivity contribution >= 4 is 17.8 Å². The number of piperidine rings is 1. The molecule has 2 aromatic rings. The molecule has 1 saturated heterocycles. The van der Waals surface area contributed by atoms with Crippen LogP contribution in [0, 0.1) is 0 Å². The lowest BCUT2D eigenvalue weighted by atomic mass is 10.1. The molecule has 0 atom stereocenters. The molecule has 0 aliphatic carbocycles. The molecule has 1 aliphatic rings. The first-order valence-corrected chi connectivity index (χ1v) is 9.01. The summed E-state index contributed by atoms with van der Waals surface area (Å²) in [6.07, 6.45) is 5.12. The number of nitrogens with zero attached hydrogens (tertiary/aromatic N) is 7. The third-order valence-electron chi connectivity index (χ3n) is 4.34. The van der Waals surface area contributed by atoms with Gasteiger partial charge in [-0.2, -0.15) is 15.0 Å². The van der Waals surface area contributed by atoms with Crippen LogP contribution in [0.3, 0.4) is 0 Å². The topological polar surface area (TPSA) is 101 Å². The number of carbonyl (C=O) groups is 1. The van der Waals surface area contributed by atoms with Gasteiger partial charge in [0.05, 0.1) is 13.7 Å². The highest BCUT2D eigenvalue weighted by Gasteiger charge is 2.19. The molecule has 0 bridgehead atoms. The smallest absolute Gasteiger partial charge is 0.258 e. The minimum absolute atomic E-state index is 0.196. The van der Waals surface area contributed by atoms with E-state index in [1.54, 1.807) is 13.2 Å². The summed E-state index contributed by atoms with van der Waals surface area (Å²) in [5, 5.41) is 6.93. The first-order chi connectivity index (χ1) is 13.0. The van der Waals surface area contributed by atoms with E-state index in [1.807, 2.05) is 19.0 Å². The molecule has 2 aromatic heterocycles. The Labute approximate surface area is 158 Å². The summed E-state index contributed by atoms with van der Waals surface area (Å²) < 4.78 is 6.68. The van der Waals surface area contributed by atoms with Gasteiger partial charge in [-0.25, -0.2) is 0 Å². The Balaban J connectivity index is 1.77. The average Bonchev–Trinajstić information content (AvgIpc) is 3.07. The number of carbonyl (C=O) groups excluding carboxylic acids is 1. The van der Waals surface area contributed by atoms with Crippen molar-refractivity contribution in [1.82, 2.24) is 30.0 Å². The number of rotatable bonds is 6. The fraction of sp³-hybridized carbons (Fsp3) is 0.588. The first kappa shape index (κ1) is 18.9. The molecule has 3 rings (SSSR count). The van der Waals surface area contributed by atoms with E-state index in [4.69, 9.17) is 4.74 Å². The van der Waals surface area contributed by atoms with E-state index in [2.05, 4.69) is 30.3 Å². The number of aromatic nitrogens is 5. The lowest BCUT2D eigenvalue weighted by Gasteiger charge is -2.27. The number of aryl methyl sites for hydroxylation is 1. The Morgan fingerprint density at radius 1 is 1.22 bits per heavy atom. The fourth-order valence-electron chi connectivity index (χ4n) is 2.94. The van der Waals surface area contributed by atoms with Crippen molar-refractivity contribution in [3.63, 3.8) is 0 Å². The van der Waals surface area contributed by atoms with Gasteiger partial charge in [0.25, 0.3) is 5.91 Å². The van der Waals surface area contributed by atoms with Crippen molar-refractivity contribution in [2.45, 2.75) is 25.8 Å². The summed E-state index contributed by atoms with van der Waals surface area (Å²) in [4.78, 5) is 30.1. The maximum absolute atomic E-state index is 12.5. The number of anilines is 2. The Kier molecular flexibility index (Phi) is 5.72. The Morgan fingerprint density at radius 3 is 2.63 bits per heavy atom. The molecule has 0 saturated carbocycles. The van der Waals surface area contributed by atoms with Gasteiger partial charge >= 0.3 is 0 Å². The molecule has 0 unspecified atom stereocenters. The van der Waals surface area contributed by atoms with Crippen molar-refractivity contribution in [3.8, 4) is 5.88 Å². The molecule has 0 aromatic carbocycles. The van der Waals surface area contributed by atoms with Gasteiger partial charge in [-0.1, -0.05) is 0 Å². The fourth-order valence-corrected chi connectivity index (χ4v) is 2.94. The van der Waals surface area contributed by atoms with E-state index in [1.165, 1.54) is 18.2 Å². The van der Waals surface area contributed by atoms with Gasteiger partial charge < -0.3 is 19.9 Å². The Bertz CT molecular complexity index is 798. The number of amides is 1. The normalized spacial score (nSPS) is 14.1. The van der Waals surface area contributed by atoms with Crippen LogP contribution < -0.4 is 19.9 Å². The predicted octanol–water partition coefficient (Wildman–Crippen LogP) is 0.600. The van der Waals surface area contributed by atoms with Gasteiger partial charge in [0.1, 0.15) is 5.56 Å². The monoisotopic (exact) mass is 374 g/mol. The molecule has 146 valence electrons. The van der Waals surface area contributed by atoms with Crippen LogP contribution in [0.2, 0.25) is 0 Å². The number of ether oxygens (including phenoxy) is 1. The highest BCUT2D eigenvalue weighted by molar-refractivity contribution is 5.96. The minimum atomic E-state index is -0.286. The second kappa shape index (κ2) is 8.19. The summed E-state index contributed by atoms with van der Waals surface area (Å²) in [6.45, 7) is 2.08. The molecule has 0 radical (unpaired) electrons. The summed E-state index contributed by atoms with van der Waals surface area (Å²) in [5.74, 6) is 1.76. The largest absolute Gasteiger partial charge is 0.479 e. The lowest BCUT2D eigenvalue weighted by molar-refractivity contribution is 0.0946. The second-order valence-electron chi connectivity index (χ2n) is 6.70. The third-order valence-corrected chi connectivity index (χ3v) is 4.34. The van der Waals surface area contributed by atoms with Crippen molar-refractivity contribution in [2.24, 2.45) is 7.05 Å². The summed E-state index contributed by atoms with van der Waals surface area (Å²) in [5.41, 5.74) is 0.373. The molecule has 10 heteroatoms. The molecule has 1 N–H and O–H groups in total. The van der Waals surface area contributed by atoms with E-state index in [9.17, 15) is 4.79 Å². The van der Waals surface area contributed by atoms with Gasteiger partial charge in [0.15, 0.2) is 5.82 Å². The van der Waals surface area contributed by atoms with Crippen LogP contribution in [-0.2, 0) is 13.6 Å². The van der Waals surface area contributed by atoms with Crippen LogP contribution in [0.1, 0.15) is 35.4 Å². The van der Waals surface area contributed by atoms with Gasteiger partial charge in [-0.15, -0.1) is 5.10 Å². The van der Waals surface area contributed by atoms with Crippen molar-refractivity contribution < 1.29 is 9.53 Å². The molecule has 1 fully saturated rings. The number of nitrogens with one attached hydrogen (secondary N) is 1. The van der Waals surface area contributed by atoms with Crippen molar-refractivity contribution in [3.05, 3.63) is 17.6 Å². The third kappa shape index (κ3) is 4.44. The van der Waals surface area contributed by atoms with Crippen LogP contribution in [0.4, 0.5) is 11.9 Å². The zero-order chi connectivity index (χ0) is 19.4. The Morgan fingerprint density at radius 2 is 1.96 bits per heavy atom. The molecule has 3 heterocycles. The minimum Gasteiger partial charge on any atom is -0.479 e. The summed E-state index contributed by atoms with van der Waals surface area (Å²) in [7, 11) is 7.00. The van der Waals surface area contributed by atoms with E-state index in [-0.39, 0.29) is 18.3 Å². The van der Waals surface area contributed by atoms with E-state index in [0.717, 1.165) is 25.9 Å². The maximum atomic E-state index is 12.5. The second-order valence-corrected chi connectivity index (χ2v) is 6.70. The van der Waals surface area contributed by atoms with Crippen LogP contribution in [0.25, 0.3) is 0 Å². The highest BCUT2D eigenvalue weighted by atomic mass is 16.5. The van der Waals surface area contributed by atoms with Crippen LogP contribution >= 0.6 is 0 Å². The van der Waals surface area contributed by atoms with Gasteiger partial charge in [0.2, 0.25) is 17.8 Å². The van der Waals surface area contributed by atoms with Crippen LogP contribution in [0.5, 0.6) is 5.88 Å². The quantitative estimate of drug-likeness (QED) is 0.784. The van der Waals surface area contributed by atoms with Crippen molar-refractivity contribution in [2.75, 3.05) is 44.1 Å². The standard InChI is InChI=1S/C17H26N8O2/c1-23(2)16-19-13(20-17(21-16)25-8-6-5-7-9-25)10-18-14(26)12-11-24(3)22-15(12)27-4/h11H,5-10H2,1-4H3,(H,18,26). The zero-order valence-corrected chi connectivity index (χ0v) is 16.3. The van der Waals surface area contributed by atoms with Gasteiger partial charge in [-0.3, -0.25) is 9.48 Å². The van der Waals surface area contributed by atoms with Gasteiger partial charge in [-0.05, 0) is 19.3 Å². The maximum Gasteiger partial charge on any atom is 0.258 e. The molecule has 27 heavy (non-hydrogen) atoms. The molecular weight excluding hydrogens is 348 g/mol. The van der Waals surface area contributed by atoms with Crippen LogP contribution in [0.15, 0.2) is 6.20 Å². The summed E-state index contributed by atoms with van der Waals surface area (Å²) in [6, 6.07) is 0. The van der Waals surface area contributed by atoms with Crippen LogP contribution in [-0.4, -0.2) is 64.9 Å².